The second-order valence-electron chi connectivity index (χ2n) is 1.24. The lowest BCUT2D eigenvalue weighted by Gasteiger charge is -1.69. The normalized spacial score (nSPS) is 6.22. The first-order valence-electron chi connectivity index (χ1n) is 2.41. The third kappa shape index (κ3) is 7.00. The molecule has 0 spiro atoms. The maximum atomic E-state index is 7.08. The molecule has 0 saturated carbocycles. The molecule has 1 rings (SSSR count). The van der Waals surface area contributed by atoms with Gasteiger partial charge < -0.3 is 0 Å². The third-order valence-electron chi connectivity index (χ3n) is 0.667. The number of hydrogen-bond acceptors (Lipinski definition) is 1. The molecule has 1 aromatic carbocycles. The molecule has 0 fully saturated rings. The molecule has 0 N–H and O–H groups in total. The van der Waals surface area contributed by atoms with Gasteiger partial charge in [0.05, 0.1) is 0 Å². The first kappa shape index (κ1) is 8.00. The smallest absolute Gasteiger partial charge is 0.173 e. The van der Waals surface area contributed by atoms with Crippen molar-refractivity contribution in [3.63, 3.8) is 0 Å². The fourth-order valence-electron chi connectivity index (χ4n) is 0.385. The van der Waals surface area contributed by atoms with Crippen LogP contribution < -0.4 is 0 Å². The van der Waals surface area contributed by atoms with Gasteiger partial charge in [0, 0.05) is 11.6 Å². The van der Waals surface area contributed by atoms with E-state index >= 15 is 0 Å². The predicted octanol–water partition coefficient (Wildman–Crippen LogP) is 2.39. The standard InChI is InChI=1S/C6H6.CClN/c1-2-4-6-5-3-1;2-1-3/h1-6H;. The summed E-state index contributed by atoms with van der Waals surface area (Å²) in [5, 5.41) is 7.08. The molecule has 0 unspecified atom stereocenters. The van der Waals surface area contributed by atoms with E-state index in [0.29, 0.717) is 0 Å². The Morgan fingerprint density at radius 1 is 0.889 bits per heavy atom. The minimum atomic E-state index is 1.22. The van der Waals surface area contributed by atoms with Crippen LogP contribution in [0.5, 0.6) is 0 Å². The Morgan fingerprint density at radius 3 is 1.11 bits per heavy atom. The molecule has 0 heterocycles. The van der Waals surface area contributed by atoms with Crippen LogP contribution in [0.2, 0.25) is 0 Å². The minimum Gasteiger partial charge on any atom is -0.179 e. The van der Waals surface area contributed by atoms with Gasteiger partial charge in [0.1, 0.15) is 0 Å². The minimum absolute atomic E-state index is 1.22. The van der Waals surface area contributed by atoms with E-state index in [0.717, 1.165) is 0 Å². The lowest BCUT2D eigenvalue weighted by atomic mass is 10.4. The molecule has 0 bridgehead atoms. The van der Waals surface area contributed by atoms with Crippen LogP contribution in [0, 0.1) is 10.8 Å². The second-order valence-corrected chi connectivity index (χ2v) is 1.41. The van der Waals surface area contributed by atoms with Gasteiger partial charge in [-0.15, -0.1) is 0 Å². The van der Waals surface area contributed by atoms with E-state index in [-0.39, 0.29) is 0 Å². The monoisotopic (exact) mass is 139 g/mol. The molecule has 0 atom stereocenters. The van der Waals surface area contributed by atoms with Crippen molar-refractivity contribution in [1.29, 1.82) is 5.26 Å². The van der Waals surface area contributed by atoms with Crippen LogP contribution in [0.3, 0.4) is 0 Å². The van der Waals surface area contributed by atoms with Crippen molar-refractivity contribution < 1.29 is 0 Å². The summed E-state index contributed by atoms with van der Waals surface area (Å²) in [5.74, 6) is 0. The van der Waals surface area contributed by atoms with Crippen LogP contribution in [0.4, 0.5) is 0 Å². The number of nitriles is 1. The Balaban J connectivity index is 0.000000187. The van der Waals surface area contributed by atoms with E-state index < -0.39 is 0 Å². The molecule has 0 amide bonds. The Kier molecular flexibility index (Phi) is 6.22. The first-order chi connectivity index (χ1) is 4.41. The summed E-state index contributed by atoms with van der Waals surface area (Å²) in [4.78, 5) is 0. The van der Waals surface area contributed by atoms with Gasteiger partial charge in [-0.05, 0) is 0 Å². The molecule has 0 aliphatic carbocycles. The highest BCUT2D eigenvalue weighted by Gasteiger charge is 1.57. The summed E-state index contributed by atoms with van der Waals surface area (Å²) in [5.41, 5.74) is 1.22. The largest absolute Gasteiger partial charge is 0.179 e. The molecule has 0 aliphatic heterocycles. The molecule has 2 heteroatoms. The van der Waals surface area contributed by atoms with E-state index in [1.165, 1.54) is 5.53 Å². The van der Waals surface area contributed by atoms with E-state index in [1.54, 1.807) is 0 Å². The number of nitrogens with zero attached hydrogens (tertiary/aromatic N) is 1. The van der Waals surface area contributed by atoms with Gasteiger partial charge >= 0.3 is 0 Å². The molecular weight excluding hydrogens is 134 g/mol. The molecule has 1 nitrogen and oxygen atoms in total. The van der Waals surface area contributed by atoms with Gasteiger partial charge in [-0.2, -0.15) is 5.26 Å². The fourth-order valence-corrected chi connectivity index (χ4v) is 0.385. The zero-order valence-electron chi connectivity index (χ0n) is 4.79. The molecule has 0 aromatic heterocycles. The molecule has 0 radical (unpaired) electrons. The van der Waals surface area contributed by atoms with E-state index in [2.05, 4.69) is 11.6 Å². The molecule has 46 valence electrons. The van der Waals surface area contributed by atoms with Gasteiger partial charge in [-0.1, -0.05) is 36.4 Å². The van der Waals surface area contributed by atoms with Crippen molar-refractivity contribution >= 4 is 11.6 Å². The Labute approximate surface area is 59.5 Å². The number of rotatable bonds is 0. The van der Waals surface area contributed by atoms with Crippen LogP contribution in [0.25, 0.3) is 0 Å². The summed E-state index contributed by atoms with van der Waals surface area (Å²) in [7, 11) is 0. The van der Waals surface area contributed by atoms with Gasteiger partial charge in [0.15, 0.2) is 5.53 Å². The summed E-state index contributed by atoms with van der Waals surface area (Å²) in [6.45, 7) is 0. The summed E-state index contributed by atoms with van der Waals surface area (Å²) >= 11 is 4.30. The van der Waals surface area contributed by atoms with Crippen LogP contribution >= 0.6 is 11.6 Å². The highest BCUT2D eigenvalue weighted by molar-refractivity contribution is 6.28. The number of halogens is 1. The lowest BCUT2D eigenvalue weighted by molar-refractivity contribution is 1.57. The zero-order chi connectivity index (χ0) is 6.95. The van der Waals surface area contributed by atoms with Gasteiger partial charge in [0.2, 0.25) is 0 Å². The van der Waals surface area contributed by atoms with E-state index in [4.69, 9.17) is 5.26 Å². The second kappa shape index (κ2) is 7.00. The average molecular weight is 140 g/mol. The Bertz CT molecular complexity index is 139. The van der Waals surface area contributed by atoms with Crippen molar-refractivity contribution in [1.82, 2.24) is 0 Å². The Hall–Kier alpha value is -1.00. The molecular formula is C7H6ClN. The van der Waals surface area contributed by atoms with E-state index in [9.17, 15) is 0 Å². The van der Waals surface area contributed by atoms with E-state index in [1.807, 2.05) is 36.4 Å². The highest BCUT2D eigenvalue weighted by Crippen LogP contribution is 1.79. The number of hydrogen-bond donors (Lipinski definition) is 0. The number of benzene rings is 1. The third-order valence-corrected chi connectivity index (χ3v) is 0.667. The zero-order valence-corrected chi connectivity index (χ0v) is 5.55. The summed E-state index contributed by atoms with van der Waals surface area (Å²) in [6.07, 6.45) is 0. The maximum Gasteiger partial charge on any atom is 0.173 e. The first-order valence-corrected chi connectivity index (χ1v) is 2.79. The topological polar surface area (TPSA) is 23.8 Å². The summed E-state index contributed by atoms with van der Waals surface area (Å²) < 4.78 is 0. The molecule has 0 saturated heterocycles. The maximum absolute atomic E-state index is 7.08. The quantitative estimate of drug-likeness (QED) is 0.542. The van der Waals surface area contributed by atoms with Gasteiger partial charge in [0.25, 0.3) is 0 Å². The van der Waals surface area contributed by atoms with Gasteiger partial charge in [-0.3, -0.25) is 0 Å². The highest BCUT2D eigenvalue weighted by atomic mass is 35.5. The van der Waals surface area contributed by atoms with Crippen molar-refractivity contribution in [3.8, 4) is 5.53 Å². The fraction of sp³-hybridized carbons (Fsp3) is 0. The van der Waals surface area contributed by atoms with Crippen LogP contribution in [0.15, 0.2) is 36.4 Å². The van der Waals surface area contributed by atoms with Crippen molar-refractivity contribution in [2.75, 3.05) is 0 Å². The van der Waals surface area contributed by atoms with Crippen molar-refractivity contribution in [3.05, 3.63) is 36.4 Å². The molecule has 0 aliphatic rings. The lowest BCUT2D eigenvalue weighted by Crippen LogP contribution is -1.47. The van der Waals surface area contributed by atoms with Crippen LogP contribution in [-0.2, 0) is 0 Å². The molecule has 9 heavy (non-hydrogen) atoms. The SMILES string of the molecule is N#CCl.c1ccccc1. The molecule has 1 aromatic rings. The predicted molar refractivity (Wildman–Crippen MR) is 37.9 cm³/mol. The van der Waals surface area contributed by atoms with Crippen LogP contribution in [0.1, 0.15) is 0 Å². The average Bonchev–Trinajstić information content (AvgIpc) is 1.93. The summed E-state index contributed by atoms with van der Waals surface area (Å²) in [6, 6.07) is 12.0. The van der Waals surface area contributed by atoms with Crippen LogP contribution in [-0.4, -0.2) is 0 Å². The van der Waals surface area contributed by atoms with Crippen molar-refractivity contribution in [2.24, 2.45) is 0 Å². The Morgan fingerprint density at radius 2 is 1.00 bits per heavy atom. The van der Waals surface area contributed by atoms with Crippen molar-refractivity contribution in [2.45, 2.75) is 0 Å². The van der Waals surface area contributed by atoms with Gasteiger partial charge in [-0.25, -0.2) is 0 Å².